The average molecular weight is 296 g/mol. The van der Waals surface area contributed by atoms with E-state index in [2.05, 4.69) is 26.9 Å². The SMILES string of the molecule is CCOc1cc(-c2ccsc2)cc(-c2nn[nH]c2C#N)c1. The molecule has 0 radical (unpaired) electrons. The van der Waals surface area contributed by atoms with Gasteiger partial charge in [-0.15, -0.1) is 5.10 Å². The van der Waals surface area contributed by atoms with Gasteiger partial charge in [-0.2, -0.15) is 16.6 Å². The van der Waals surface area contributed by atoms with Gasteiger partial charge in [0.1, 0.15) is 17.5 Å². The Morgan fingerprint density at radius 3 is 2.86 bits per heavy atom. The van der Waals surface area contributed by atoms with Crippen molar-refractivity contribution in [1.29, 1.82) is 5.26 Å². The van der Waals surface area contributed by atoms with E-state index in [4.69, 9.17) is 10.00 Å². The minimum atomic E-state index is 0.347. The zero-order valence-corrected chi connectivity index (χ0v) is 12.1. The molecule has 3 rings (SSSR count). The van der Waals surface area contributed by atoms with Gasteiger partial charge in [0.2, 0.25) is 0 Å². The van der Waals surface area contributed by atoms with Crippen LogP contribution in [0.3, 0.4) is 0 Å². The Balaban J connectivity index is 2.14. The van der Waals surface area contributed by atoms with Crippen LogP contribution in [-0.2, 0) is 0 Å². The van der Waals surface area contributed by atoms with Gasteiger partial charge in [-0.3, -0.25) is 0 Å². The second kappa shape index (κ2) is 5.77. The Kier molecular flexibility index (Phi) is 3.67. The molecule has 0 saturated carbocycles. The summed E-state index contributed by atoms with van der Waals surface area (Å²) in [6.07, 6.45) is 0. The number of nitriles is 1. The number of hydrogen-bond donors (Lipinski definition) is 1. The van der Waals surface area contributed by atoms with E-state index in [0.717, 1.165) is 22.4 Å². The number of hydrogen-bond acceptors (Lipinski definition) is 5. The minimum Gasteiger partial charge on any atom is -0.494 e. The molecule has 0 unspecified atom stereocenters. The van der Waals surface area contributed by atoms with Crippen LogP contribution in [0.4, 0.5) is 0 Å². The van der Waals surface area contributed by atoms with Crippen molar-refractivity contribution < 1.29 is 4.74 Å². The molecule has 0 saturated heterocycles. The maximum Gasteiger partial charge on any atom is 0.163 e. The summed E-state index contributed by atoms with van der Waals surface area (Å²) < 4.78 is 5.62. The number of nitrogens with one attached hydrogen (secondary N) is 1. The number of H-pyrrole nitrogens is 1. The summed E-state index contributed by atoms with van der Waals surface area (Å²) >= 11 is 1.64. The maximum atomic E-state index is 9.10. The molecule has 0 aliphatic rings. The Morgan fingerprint density at radius 2 is 2.14 bits per heavy atom. The van der Waals surface area contributed by atoms with Gasteiger partial charge in [-0.1, -0.05) is 5.21 Å². The van der Waals surface area contributed by atoms with Gasteiger partial charge in [0, 0.05) is 5.56 Å². The van der Waals surface area contributed by atoms with Crippen molar-refractivity contribution in [3.63, 3.8) is 0 Å². The maximum absolute atomic E-state index is 9.10. The molecular formula is C15H12N4OS. The fourth-order valence-corrected chi connectivity index (χ4v) is 2.75. The van der Waals surface area contributed by atoms with Gasteiger partial charge in [-0.25, -0.2) is 5.10 Å². The summed E-state index contributed by atoms with van der Waals surface area (Å²) in [4.78, 5) is 0. The quantitative estimate of drug-likeness (QED) is 0.800. The largest absolute Gasteiger partial charge is 0.494 e. The van der Waals surface area contributed by atoms with Crippen molar-refractivity contribution in [3.8, 4) is 34.2 Å². The molecule has 1 aromatic carbocycles. The van der Waals surface area contributed by atoms with Crippen molar-refractivity contribution >= 4 is 11.3 Å². The van der Waals surface area contributed by atoms with E-state index in [9.17, 15) is 0 Å². The highest BCUT2D eigenvalue weighted by Crippen LogP contribution is 2.32. The summed E-state index contributed by atoms with van der Waals surface area (Å²) in [5.74, 6) is 0.753. The lowest BCUT2D eigenvalue weighted by Crippen LogP contribution is -1.93. The van der Waals surface area contributed by atoms with Gasteiger partial charge in [-0.05, 0) is 53.1 Å². The molecule has 104 valence electrons. The molecule has 5 nitrogen and oxygen atoms in total. The molecule has 0 aliphatic heterocycles. The van der Waals surface area contributed by atoms with Crippen molar-refractivity contribution in [3.05, 3.63) is 40.7 Å². The highest BCUT2D eigenvalue weighted by Gasteiger charge is 2.13. The van der Waals surface area contributed by atoms with Gasteiger partial charge < -0.3 is 4.74 Å². The molecule has 0 aliphatic carbocycles. The normalized spacial score (nSPS) is 10.3. The van der Waals surface area contributed by atoms with E-state index in [-0.39, 0.29) is 0 Å². The van der Waals surface area contributed by atoms with E-state index in [1.807, 2.05) is 36.6 Å². The predicted molar refractivity (Wildman–Crippen MR) is 81.0 cm³/mol. The van der Waals surface area contributed by atoms with Gasteiger partial charge in [0.05, 0.1) is 6.61 Å². The molecule has 21 heavy (non-hydrogen) atoms. The number of ether oxygens (including phenoxy) is 1. The molecule has 1 N–H and O–H groups in total. The fraction of sp³-hybridized carbons (Fsp3) is 0.133. The molecule has 0 atom stereocenters. The number of nitrogens with zero attached hydrogens (tertiary/aromatic N) is 3. The van der Waals surface area contributed by atoms with E-state index < -0.39 is 0 Å². The molecule has 0 amide bonds. The third-order valence-corrected chi connectivity index (χ3v) is 3.69. The highest BCUT2D eigenvalue weighted by molar-refractivity contribution is 7.08. The van der Waals surface area contributed by atoms with Gasteiger partial charge in [0.25, 0.3) is 0 Å². The Hall–Kier alpha value is -2.65. The summed E-state index contributed by atoms with van der Waals surface area (Å²) in [6.45, 7) is 2.52. The summed E-state index contributed by atoms with van der Waals surface area (Å²) in [6, 6.07) is 9.96. The standard InChI is InChI=1S/C15H12N4OS/c1-2-20-13-6-11(10-3-4-21-9-10)5-12(7-13)15-14(8-16)17-19-18-15/h3-7,9H,2H2,1H3,(H,17,18,19). The van der Waals surface area contributed by atoms with Crippen molar-refractivity contribution in [2.75, 3.05) is 6.61 Å². The van der Waals surface area contributed by atoms with Crippen LogP contribution < -0.4 is 4.74 Å². The smallest absolute Gasteiger partial charge is 0.163 e. The van der Waals surface area contributed by atoms with Gasteiger partial charge in [0.15, 0.2) is 5.69 Å². The van der Waals surface area contributed by atoms with E-state index >= 15 is 0 Å². The molecule has 6 heteroatoms. The first-order valence-electron chi connectivity index (χ1n) is 6.43. The van der Waals surface area contributed by atoms with E-state index in [0.29, 0.717) is 18.0 Å². The third-order valence-electron chi connectivity index (χ3n) is 3.01. The lowest BCUT2D eigenvalue weighted by atomic mass is 10.0. The number of aromatic amines is 1. The summed E-state index contributed by atoms with van der Waals surface area (Å²) in [7, 11) is 0. The van der Waals surface area contributed by atoms with Crippen LogP contribution >= 0.6 is 11.3 Å². The molecule has 2 aromatic heterocycles. The Bertz CT molecular complexity index is 786. The first-order valence-corrected chi connectivity index (χ1v) is 7.38. The lowest BCUT2D eigenvalue weighted by molar-refractivity contribution is 0.340. The molecule has 0 bridgehead atoms. The van der Waals surface area contributed by atoms with Crippen LogP contribution in [0.1, 0.15) is 12.6 Å². The molecule has 3 aromatic rings. The summed E-state index contributed by atoms with van der Waals surface area (Å²) in [5, 5.41) is 23.5. The molecule has 0 fully saturated rings. The number of aromatic nitrogens is 3. The minimum absolute atomic E-state index is 0.347. The average Bonchev–Trinajstić information content (AvgIpc) is 3.18. The summed E-state index contributed by atoms with van der Waals surface area (Å²) in [5.41, 5.74) is 3.84. The zero-order valence-electron chi connectivity index (χ0n) is 11.3. The molecular weight excluding hydrogens is 284 g/mol. The number of benzene rings is 1. The van der Waals surface area contributed by atoms with Crippen LogP contribution in [-0.4, -0.2) is 22.0 Å². The highest BCUT2D eigenvalue weighted by atomic mass is 32.1. The Labute approximate surface area is 125 Å². The van der Waals surface area contributed by atoms with E-state index in [1.165, 1.54) is 0 Å². The first-order chi connectivity index (χ1) is 10.3. The third kappa shape index (κ3) is 2.64. The van der Waals surface area contributed by atoms with Crippen molar-refractivity contribution in [1.82, 2.24) is 15.4 Å². The predicted octanol–water partition coefficient (Wildman–Crippen LogP) is 3.47. The van der Waals surface area contributed by atoms with Crippen LogP contribution in [0.15, 0.2) is 35.0 Å². The van der Waals surface area contributed by atoms with Crippen LogP contribution in [0.2, 0.25) is 0 Å². The topological polar surface area (TPSA) is 74.6 Å². The van der Waals surface area contributed by atoms with Gasteiger partial charge >= 0.3 is 0 Å². The Morgan fingerprint density at radius 1 is 1.29 bits per heavy atom. The molecule has 2 heterocycles. The second-order valence-electron chi connectivity index (χ2n) is 4.34. The fourth-order valence-electron chi connectivity index (χ4n) is 2.09. The number of rotatable bonds is 4. The monoisotopic (exact) mass is 296 g/mol. The van der Waals surface area contributed by atoms with Crippen LogP contribution in [0.5, 0.6) is 5.75 Å². The van der Waals surface area contributed by atoms with Crippen LogP contribution in [0.25, 0.3) is 22.4 Å². The lowest BCUT2D eigenvalue weighted by Gasteiger charge is -2.08. The van der Waals surface area contributed by atoms with Crippen molar-refractivity contribution in [2.45, 2.75) is 6.92 Å². The van der Waals surface area contributed by atoms with Crippen LogP contribution in [0, 0.1) is 11.3 Å². The first kappa shape index (κ1) is 13.3. The van der Waals surface area contributed by atoms with E-state index in [1.54, 1.807) is 11.3 Å². The zero-order chi connectivity index (χ0) is 14.7. The second-order valence-corrected chi connectivity index (χ2v) is 5.12. The van der Waals surface area contributed by atoms with Crippen molar-refractivity contribution in [2.24, 2.45) is 0 Å². The molecule has 0 spiro atoms. The number of thiophene rings is 1.